The first kappa shape index (κ1) is 11.6. The number of likely N-dealkylation sites (N-methyl/N-ethyl adjacent to an activating group) is 1. The third-order valence-corrected chi connectivity index (χ3v) is 2.98. The van der Waals surface area contributed by atoms with Crippen molar-refractivity contribution in [3.8, 4) is 0 Å². The van der Waals surface area contributed by atoms with Crippen molar-refractivity contribution in [1.82, 2.24) is 5.32 Å². The Morgan fingerprint density at radius 3 is 2.69 bits per heavy atom. The third-order valence-electron chi connectivity index (χ3n) is 2.98. The molecule has 1 atom stereocenters. The molecule has 0 bridgehead atoms. The van der Waals surface area contributed by atoms with Crippen LogP contribution in [0.5, 0.6) is 0 Å². The molecule has 0 amide bonds. The molecule has 1 N–H and O–H groups in total. The van der Waals surface area contributed by atoms with Crippen LogP contribution in [-0.4, -0.2) is 19.7 Å². The summed E-state index contributed by atoms with van der Waals surface area (Å²) in [5, 5.41) is 3.37. The minimum atomic E-state index is 0.210. The molecule has 1 aliphatic rings. The van der Waals surface area contributed by atoms with Gasteiger partial charge < -0.3 is 10.1 Å². The van der Waals surface area contributed by atoms with Crippen LogP contribution in [0.2, 0.25) is 0 Å². The predicted octanol–water partition coefficient (Wildman–Crippen LogP) is 2.76. The summed E-state index contributed by atoms with van der Waals surface area (Å²) in [6.45, 7) is 4.96. The molecule has 1 saturated carbocycles. The smallest absolute Gasteiger partial charge is 0.0949 e. The zero-order valence-electron chi connectivity index (χ0n) is 9.99. The summed E-state index contributed by atoms with van der Waals surface area (Å²) in [5.41, 5.74) is 1.28. The van der Waals surface area contributed by atoms with Crippen molar-refractivity contribution in [3.63, 3.8) is 0 Å². The fourth-order valence-corrected chi connectivity index (χ4v) is 1.75. The largest absolute Gasteiger partial charge is 0.372 e. The molecule has 88 valence electrons. The van der Waals surface area contributed by atoms with Crippen molar-refractivity contribution >= 4 is 0 Å². The fraction of sp³-hybridized carbons (Fsp3) is 0.571. The molecule has 0 spiro atoms. The Bertz CT molecular complexity index is 295. The first-order valence-corrected chi connectivity index (χ1v) is 6.27. The molecular formula is C14H21NO. The van der Waals surface area contributed by atoms with E-state index in [1.807, 2.05) is 0 Å². The van der Waals surface area contributed by atoms with Crippen molar-refractivity contribution in [3.05, 3.63) is 35.9 Å². The van der Waals surface area contributed by atoms with Crippen LogP contribution < -0.4 is 5.32 Å². The summed E-state index contributed by atoms with van der Waals surface area (Å²) in [4.78, 5) is 0. The minimum absolute atomic E-state index is 0.210. The normalized spacial score (nSPS) is 17.3. The van der Waals surface area contributed by atoms with Crippen molar-refractivity contribution in [2.24, 2.45) is 5.92 Å². The average Bonchev–Trinajstić information content (AvgIpc) is 3.14. The van der Waals surface area contributed by atoms with E-state index in [-0.39, 0.29) is 6.10 Å². The average molecular weight is 219 g/mol. The highest BCUT2D eigenvalue weighted by Crippen LogP contribution is 2.30. The van der Waals surface area contributed by atoms with Crippen LogP contribution in [0.4, 0.5) is 0 Å². The van der Waals surface area contributed by atoms with Crippen LogP contribution in [-0.2, 0) is 4.74 Å². The monoisotopic (exact) mass is 219 g/mol. The maximum Gasteiger partial charge on any atom is 0.0949 e. The van der Waals surface area contributed by atoms with Gasteiger partial charge in [0.2, 0.25) is 0 Å². The molecule has 0 heterocycles. The van der Waals surface area contributed by atoms with Gasteiger partial charge >= 0.3 is 0 Å². The summed E-state index contributed by atoms with van der Waals surface area (Å²) in [7, 11) is 0. The molecule has 16 heavy (non-hydrogen) atoms. The van der Waals surface area contributed by atoms with Gasteiger partial charge in [0.1, 0.15) is 0 Å². The number of hydrogen-bond donors (Lipinski definition) is 1. The molecule has 2 nitrogen and oxygen atoms in total. The van der Waals surface area contributed by atoms with Crippen LogP contribution in [0.15, 0.2) is 30.3 Å². The van der Waals surface area contributed by atoms with E-state index < -0.39 is 0 Å². The highest BCUT2D eigenvalue weighted by Gasteiger charge is 2.23. The lowest BCUT2D eigenvalue weighted by Gasteiger charge is -2.18. The number of nitrogens with one attached hydrogen (secondary N) is 1. The Kier molecular flexibility index (Phi) is 4.37. The van der Waals surface area contributed by atoms with E-state index >= 15 is 0 Å². The van der Waals surface area contributed by atoms with Crippen LogP contribution >= 0.6 is 0 Å². The van der Waals surface area contributed by atoms with Crippen molar-refractivity contribution < 1.29 is 4.74 Å². The Morgan fingerprint density at radius 2 is 2.06 bits per heavy atom. The number of ether oxygens (including phenoxy) is 1. The second-order valence-corrected chi connectivity index (χ2v) is 4.48. The molecule has 1 unspecified atom stereocenters. The summed E-state index contributed by atoms with van der Waals surface area (Å²) in [6, 6.07) is 10.5. The summed E-state index contributed by atoms with van der Waals surface area (Å²) in [6.07, 6.45) is 2.91. The number of benzene rings is 1. The Morgan fingerprint density at radius 1 is 1.31 bits per heavy atom. The summed E-state index contributed by atoms with van der Waals surface area (Å²) >= 11 is 0. The lowest BCUT2D eigenvalue weighted by molar-refractivity contribution is 0.0456. The zero-order valence-corrected chi connectivity index (χ0v) is 9.99. The number of hydrogen-bond acceptors (Lipinski definition) is 2. The minimum Gasteiger partial charge on any atom is -0.372 e. The fourth-order valence-electron chi connectivity index (χ4n) is 1.75. The van der Waals surface area contributed by atoms with Gasteiger partial charge in [-0.15, -0.1) is 0 Å². The molecule has 1 aromatic carbocycles. The first-order valence-electron chi connectivity index (χ1n) is 6.27. The van der Waals surface area contributed by atoms with Crippen molar-refractivity contribution in [1.29, 1.82) is 0 Å². The Balaban J connectivity index is 1.89. The van der Waals surface area contributed by atoms with Gasteiger partial charge in [-0.25, -0.2) is 0 Å². The second kappa shape index (κ2) is 6.02. The lowest BCUT2D eigenvalue weighted by atomic mass is 10.1. The van der Waals surface area contributed by atoms with Gasteiger partial charge in [-0.2, -0.15) is 0 Å². The van der Waals surface area contributed by atoms with Crippen LogP contribution in [0.1, 0.15) is 31.4 Å². The van der Waals surface area contributed by atoms with E-state index in [0.29, 0.717) is 0 Å². The molecule has 2 rings (SSSR count). The van der Waals surface area contributed by atoms with E-state index in [1.54, 1.807) is 0 Å². The van der Waals surface area contributed by atoms with E-state index in [2.05, 4.69) is 42.6 Å². The second-order valence-electron chi connectivity index (χ2n) is 4.48. The van der Waals surface area contributed by atoms with Gasteiger partial charge in [-0.3, -0.25) is 0 Å². The van der Waals surface area contributed by atoms with Gasteiger partial charge in [0.15, 0.2) is 0 Å². The molecule has 0 aliphatic heterocycles. The van der Waals surface area contributed by atoms with E-state index in [1.165, 1.54) is 18.4 Å². The van der Waals surface area contributed by atoms with E-state index in [9.17, 15) is 0 Å². The molecule has 2 heteroatoms. The number of rotatable bonds is 7. The Hall–Kier alpha value is -0.860. The molecule has 1 aromatic rings. The lowest BCUT2D eigenvalue weighted by Crippen LogP contribution is -2.23. The van der Waals surface area contributed by atoms with Crippen LogP contribution in [0.3, 0.4) is 0 Å². The van der Waals surface area contributed by atoms with Gasteiger partial charge in [0, 0.05) is 6.54 Å². The van der Waals surface area contributed by atoms with Crippen LogP contribution in [0, 0.1) is 5.92 Å². The third kappa shape index (κ3) is 3.62. The quantitative estimate of drug-likeness (QED) is 0.761. The molecule has 1 aliphatic carbocycles. The molecule has 1 fully saturated rings. The maximum absolute atomic E-state index is 5.99. The van der Waals surface area contributed by atoms with Gasteiger partial charge in [-0.1, -0.05) is 37.3 Å². The van der Waals surface area contributed by atoms with E-state index in [4.69, 9.17) is 4.74 Å². The maximum atomic E-state index is 5.99. The van der Waals surface area contributed by atoms with Crippen molar-refractivity contribution in [2.75, 3.05) is 19.7 Å². The first-order chi connectivity index (χ1) is 7.90. The summed E-state index contributed by atoms with van der Waals surface area (Å²) in [5.74, 6) is 0.827. The molecule has 0 aromatic heterocycles. The Labute approximate surface area is 98.0 Å². The van der Waals surface area contributed by atoms with Crippen molar-refractivity contribution in [2.45, 2.75) is 25.9 Å². The topological polar surface area (TPSA) is 21.3 Å². The van der Waals surface area contributed by atoms with Gasteiger partial charge in [0.05, 0.1) is 12.7 Å². The van der Waals surface area contributed by atoms with E-state index in [0.717, 1.165) is 25.6 Å². The highest BCUT2D eigenvalue weighted by atomic mass is 16.5. The van der Waals surface area contributed by atoms with Gasteiger partial charge in [0.25, 0.3) is 0 Å². The highest BCUT2D eigenvalue weighted by molar-refractivity contribution is 5.17. The molecule has 0 saturated heterocycles. The summed E-state index contributed by atoms with van der Waals surface area (Å²) < 4.78 is 5.99. The predicted molar refractivity (Wildman–Crippen MR) is 66.4 cm³/mol. The standard InChI is InChI=1S/C14H21NO/c1-2-15-10-14(16-11-12-8-9-12)13-6-4-3-5-7-13/h3-7,12,14-15H,2,8-11H2,1H3. The van der Waals surface area contributed by atoms with Gasteiger partial charge in [-0.05, 0) is 30.9 Å². The SMILES string of the molecule is CCNCC(OCC1CC1)c1ccccc1. The molecular weight excluding hydrogens is 198 g/mol. The molecule has 0 radical (unpaired) electrons. The van der Waals surface area contributed by atoms with Crippen LogP contribution in [0.25, 0.3) is 0 Å². The zero-order chi connectivity index (χ0) is 11.2.